The number of thiazole rings is 1. The standard InChI is InChI=1S/C10H9N3O2S/c14-10(15)7-3-6(12-13-7)9-8(5-1-2-5)11-4-16-9/h3-5H,1-2H2,(H,12,13)(H,14,15). The topological polar surface area (TPSA) is 78.9 Å². The van der Waals surface area contributed by atoms with Crippen molar-refractivity contribution in [3.8, 4) is 10.6 Å². The van der Waals surface area contributed by atoms with Crippen molar-refractivity contribution in [2.24, 2.45) is 0 Å². The maximum absolute atomic E-state index is 10.7. The van der Waals surface area contributed by atoms with E-state index < -0.39 is 5.97 Å². The average molecular weight is 235 g/mol. The Morgan fingerprint density at radius 1 is 1.56 bits per heavy atom. The molecule has 0 unspecified atom stereocenters. The largest absolute Gasteiger partial charge is 0.476 e. The molecule has 1 aliphatic rings. The summed E-state index contributed by atoms with van der Waals surface area (Å²) in [7, 11) is 0. The van der Waals surface area contributed by atoms with Gasteiger partial charge >= 0.3 is 5.97 Å². The van der Waals surface area contributed by atoms with Crippen molar-refractivity contribution >= 4 is 17.3 Å². The van der Waals surface area contributed by atoms with Crippen LogP contribution in [-0.4, -0.2) is 26.3 Å². The SMILES string of the molecule is O=C(O)c1cc(-c2scnc2C2CC2)[nH]n1. The Kier molecular flexibility index (Phi) is 2.03. The van der Waals surface area contributed by atoms with Crippen molar-refractivity contribution in [1.29, 1.82) is 0 Å². The van der Waals surface area contributed by atoms with Crippen molar-refractivity contribution < 1.29 is 9.90 Å². The second kappa shape index (κ2) is 3.41. The first-order valence-corrected chi connectivity index (χ1v) is 5.86. The van der Waals surface area contributed by atoms with Crippen molar-refractivity contribution in [1.82, 2.24) is 15.2 Å². The molecule has 2 heterocycles. The number of carbonyl (C=O) groups is 1. The van der Waals surface area contributed by atoms with Gasteiger partial charge in [-0.25, -0.2) is 9.78 Å². The Morgan fingerprint density at radius 3 is 3.00 bits per heavy atom. The number of hydrogen-bond donors (Lipinski definition) is 2. The summed E-state index contributed by atoms with van der Waals surface area (Å²) in [4.78, 5) is 16.1. The minimum Gasteiger partial charge on any atom is -0.476 e. The second-order valence-electron chi connectivity index (χ2n) is 3.81. The Morgan fingerprint density at radius 2 is 2.38 bits per heavy atom. The first-order valence-electron chi connectivity index (χ1n) is 4.98. The molecular weight excluding hydrogens is 226 g/mol. The van der Waals surface area contributed by atoms with Gasteiger partial charge in [0.2, 0.25) is 0 Å². The summed E-state index contributed by atoms with van der Waals surface area (Å²) in [6.45, 7) is 0. The third-order valence-electron chi connectivity index (χ3n) is 2.60. The van der Waals surface area contributed by atoms with Crippen molar-refractivity contribution in [2.75, 3.05) is 0 Å². The number of H-pyrrole nitrogens is 1. The number of aromatic nitrogens is 3. The van der Waals surface area contributed by atoms with Crippen LogP contribution in [0.15, 0.2) is 11.6 Å². The van der Waals surface area contributed by atoms with Crippen LogP contribution in [0.3, 0.4) is 0 Å². The molecule has 1 fully saturated rings. The lowest BCUT2D eigenvalue weighted by molar-refractivity contribution is 0.0690. The van der Waals surface area contributed by atoms with E-state index in [1.165, 1.54) is 24.2 Å². The Balaban J connectivity index is 2.00. The van der Waals surface area contributed by atoms with E-state index in [1.54, 1.807) is 11.6 Å². The lowest BCUT2D eigenvalue weighted by Crippen LogP contribution is -1.95. The van der Waals surface area contributed by atoms with E-state index in [4.69, 9.17) is 5.11 Å². The van der Waals surface area contributed by atoms with Gasteiger partial charge in [-0.2, -0.15) is 5.10 Å². The first-order chi connectivity index (χ1) is 7.75. The number of nitrogens with one attached hydrogen (secondary N) is 1. The molecule has 2 aromatic rings. The van der Waals surface area contributed by atoms with E-state index in [-0.39, 0.29) is 5.69 Å². The van der Waals surface area contributed by atoms with Crippen LogP contribution in [0.5, 0.6) is 0 Å². The molecule has 0 radical (unpaired) electrons. The summed E-state index contributed by atoms with van der Waals surface area (Å²) in [5.41, 5.74) is 3.67. The van der Waals surface area contributed by atoms with Crippen LogP contribution >= 0.6 is 11.3 Å². The maximum Gasteiger partial charge on any atom is 0.356 e. The molecule has 82 valence electrons. The molecule has 0 amide bonds. The van der Waals surface area contributed by atoms with Gasteiger partial charge in [0, 0.05) is 5.92 Å². The predicted octanol–water partition coefficient (Wildman–Crippen LogP) is 2.11. The smallest absolute Gasteiger partial charge is 0.356 e. The minimum absolute atomic E-state index is 0.0464. The predicted molar refractivity (Wildman–Crippen MR) is 58.6 cm³/mol. The fraction of sp³-hybridized carbons (Fsp3) is 0.300. The quantitative estimate of drug-likeness (QED) is 0.853. The fourth-order valence-corrected chi connectivity index (χ4v) is 2.49. The molecule has 1 aliphatic carbocycles. The highest BCUT2D eigenvalue weighted by Gasteiger charge is 2.29. The summed E-state index contributed by atoms with van der Waals surface area (Å²) >= 11 is 1.52. The van der Waals surface area contributed by atoms with Gasteiger partial charge in [0.15, 0.2) is 5.69 Å². The third-order valence-corrected chi connectivity index (χ3v) is 3.48. The van der Waals surface area contributed by atoms with Gasteiger partial charge in [-0.15, -0.1) is 11.3 Å². The molecule has 0 aromatic carbocycles. The van der Waals surface area contributed by atoms with Crippen LogP contribution < -0.4 is 0 Å². The van der Waals surface area contributed by atoms with E-state index in [0.717, 1.165) is 16.3 Å². The molecule has 0 atom stereocenters. The van der Waals surface area contributed by atoms with Crippen LogP contribution in [0.2, 0.25) is 0 Å². The number of hydrogen-bond acceptors (Lipinski definition) is 4. The van der Waals surface area contributed by atoms with Crippen LogP contribution in [0, 0.1) is 0 Å². The van der Waals surface area contributed by atoms with E-state index in [0.29, 0.717) is 5.92 Å². The number of rotatable bonds is 3. The van der Waals surface area contributed by atoms with Gasteiger partial charge in [-0.05, 0) is 18.9 Å². The van der Waals surface area contributed by atoms with Crippen LogP contribution in [0.25, 0.3) is 10.6 Å². The molecule has 0 spiro atoms. The molecule has 2 aromatic heterocycles. The number of carboxylic acid groups (broad SMARTS) is 1. The van der Waals surface area contributed by atoms with E-state index >= 15 is 0 Å². The minimum atomic E-state index is -1.01. The summed E-state index contributed by atoms with van der Waals surface area (Å²) in [5.74, 6) is -0.460. The second-order valence-corrected chi connectivity index (χ2v) is 4.67. The molecule has 16 heavy (non-hydrogen) atoms. The zero-order valence-electron chi connectivity index (χ0n) is 8.30. The van der Waals surface area contributed by atoms with Crippen molar-refractivity contribution in [3.05, 3.63) is 23.0 Å². The van der Waals surface area contributed by atoms with Gasteiger partial charge in [0.25, 0.3) is 0 Å². The lowest BCUT2D eigenvalue weighted by atomic mass is 10.2. The highest BCUT2D eigenvalue weighted by atomic mass is 32.1. The van der Waals surface area contributed by atoms with Crippen LogP contribution in [0.4, 0.5) is 0 Å². The van der Waals surface area contributed by atoms with E-state index in [1.807, 2.05) is 0 Å². The summed E-state index contributed by atoms with van der Waals surface area (Å²) in [6.07, 6.45) is 2.35. The summed E-state index contributed by atoms with van der Waals surface area (Å²) < 4.78 is 0. The number of aromatic amines is 1. The molecular formula is C10H9N3O2S. The van der Waals surface area contributed by atoms with Gasteiger partial charge < -0.3 is 5.11 Å². The van der Waals surface area contributed by atoms with Gasteiger partial charge in [0.1, 0.15) is 0 Å². The van der Waals surface area contributed by atoms with E-state index in [2.05, 4.69) is 15.2 Å². The molecule has 6 heteroatoms. The fourth-order valence-electron chi connectivity index (χ4n) is 1.65. The Bertz CT molecular complexity index is 542. The normalized spacial score (nSPS) is 15.2. The van der Waals surface area contributed by atoms with Crippen molar-refractivity contribution in [3.63, 3.8) is 0 Å². The Hall–Kier alpha value is -1.69. The highest BCUT2D eigenvalue weighted by molar-refractivity contribution is 7.13. The average Bonchev–Trinajstić information content (AvgIpc) is 2.83. The monoisotopic (exact) mass is 235 g/mol. The number of carboxylic acids is 1. The molecule has 0 saturated heterocycles. The molecule has 0 aliphatic heterocycles. The summed E-state index contributed by atoms with van der Waals surface area (Å²) in [5, 5.41) is 15.3. The summed E-state index contributed by atoms with van der Waals surface area (Å²) in [6, 6.07) is 1.56. The third kappa shape index (κ3) is 1.51. The molecule has 5 nitrogen and oxygen atoms in total. The lowest BCUT2D eigenvalue weighted by Gasteiger charge is -1.95. The van der Waals surface area contributed by atoms with Gasteiger partial charge in [-0.3, -0.25) is 5.10 Å². The molecule has 0 bridgehead atoms. The maximum atomic E-state index is 10.7. The Labute approximate surface area is 95.2 Å². The molecule has 3 rings (SSSR count). The molecule has 1 saturated carbocycles. The van der Waals surface area contributed by atoms with Gasteiger partial charge in [0.05, 0.1) is 21.8 Å². The van der Waals surface area contributed by atoms with Gasteiger partial charge in [-0.1, -0.05) is 0 Å². The number of aromatic carboxylic acids is 1. The zero-order valence-corrected chi connectivity index (χ0v) is 9.12. The molecule has 2 N–H and O–H groups in total. The van der Waals surface area contributed by atoms with Crippen LogP contribution in [0.1, 0.15) is 34.9 Å². The zero-order chi connectivity index (χ0) is 11.1. The highest BCUT2D eigenvalue weighted by Crippen LogP contribution is 2.44. The first kappa shape index (κ1) is 9.53. The van der Waals surface area contributed by atoms with Crippen molar-refractivity contribution in [2.45, 2.75) is 18.8 Å². The van der Waals surface area contributed by atoms with Crippen LogP contribution in [-0.2, 0) is 0 Å². The van der Waals surface area contributed by atoms with E-state index in [9.17, 15) is 4.79 Å². The number of nitrogens with zero attached hydrogens (tertiary/aromatic N) is 2.